The van der Waals surface area contributed by atoms with Gasteiger partial charge in [0.1, 0.15) is 5.69 Å². The Labute approximate surface area is 139 Å². The average molecular weight is 329 g/mol. The van der Waals surface area contributed by atoms with Gasteiger partial charge in [-0.2, -0.15) is 0 Å². The second-order valence-corrected chi connectivity index (χ2v) is 5.77. The molecule has 24 heavy (non-hydrogen) atoms. The summed E-state index contributed by atoms with van der Waals surface area (Å²) in [4.78, 5) is 29.0. The van der Waals surface area contributed by atoms with Crippen molar-refractivity contribution in [2.75, 3.05) is 25.0 Å². The second kappa shape index (κ2) is 6.69. The van der Waals surface area contributed by atoms with Crippen molar-refractivity contribution < 1.29 is 9.72 Å². The van der Waals surface area contributed by atoms with Crippen LogP contribution in [0.2, 0.25) is 0 Å². The minimum Gasteiger partial charge on any atom is -0.364 e. The highest BCUT2D eigenvalue weighted by Crippen LogP contribution is 2.36. The Hall–Kier alpha value is -2.90. The Kier molecular flexibility index (Phi) is 4.45. The third-order valence-electron chi connectivity index (χ3n) is 4.24. The second-order valence-electron chi connectivity index (χ2n) is 5.77. The Bertz CT molecular complexity index is 779. The lowest BCUT2D eigenvalue weighted by molar-refractivity contribution is -0.382. The van der Waals surface area contributed by atoms with Crippen LogP contribution in [-0.2, 0) is 0 Å². The number of nitrogens with one attached hydrogen (secondary N) is 2. The Morgan fingerprint density at radius 3 is 3.00 bits per heavy atom. The lowest BCUT2D eigenvalue weighted by atomic mass is 10.0. The van der Waals surface area contributed by atoms with Gasteiger partial charge in [0, 0.05) is 32.4 Å². The molecule has 8 heteroatoms. The number of nitrogens with zero attached hydrogens (tertiary/aromatic N) is 3. The molecule has 0 bridgehead atoms. The molecule has 1 unspecified atom stereocenters. The van der Waals surface area contributed by atoms with Gasteiger partial charge in [-0.25, -0.2) is 4.79 Å². The van der Waals surface area contributed by atoms with Gasteiger partial charge in [-0.05, 0) is 37.1 Å². The van der Waals surface area contributed by atoms with Gasteiger partial charge < -0.3 is 15.5 Å². The van der Waals surface area contributed by atoms with Crippen molar-refractivity contribution in [3.05, 3.63) is 40.6 Å². The summed E-state index contributed by atoms with van der Waals surface area (Å²) in [6.45, 7) is 1.26. The highest BCUT2D eigenvalue weighted by Gasteiger charge is 2.28. The molecule has 0 aliphatic carbocycles. The minimum atomic E-state index is -0.352. The summed E-state index contributed by atoms with van der Waals surface area (Å²) in [5.41, 5.74) is 1.25. The van der Waals surface area contributed by atoms with Gasteiger partial charge >= 0.3 is 11.7 Å². The first-order valence-corrected chi connectivity index (χ1v) is 7.85. The zero-order valence-electron chi connectivity index (χ0n) is 13.4. The molecule has 1 atom stereocenters. The molecule has 2 N–H and O–H groups in total. The highest BCUT2D eigenvalue weighted by molar-refractivity contribution is 5.94. The lowest BCUT2D eigenvalue weighted by Gasteiger charge is -2.34. The Morgan fingerprint density at radius 1 is 1.42 bits per heavy atom. The van der Waals surface area contributed by atoms with Gasteiger partial charge in [0.05, 0.1) is 15.8 Å². The fourth-order valence-corrected chi connectivity index (χ4v) is 3.14. The predicted octanol–water partition coefficient (Wildman–Crippen LogP) is 2.04. The molecule has 2 heterocycles. The SMILES string of the molecule is CNC(=O)NC1CCCN(c2ccc3ncccc3c2[N+](=O)[O-])C1. The number of nitro benzene ring substituents is 1. The van der Waals surface area contributed by atoms with E-state index in [9.17, 15) is 14.9 Å². The van der Waals surface area contributed by atoms with E-state index in [1.165, 1.54) is 0 Å². The zero-order valence-corrected chi connectivity index (χ0v) is 13.4. The molecule has 2 amide bonds. The van der Waals surface area contributed by atoms with Gasteiger partial charge in [0.25, 0.3) is 0 Å². The van der Waals surface area contributed by atoms with Gasteiger partial charge in [-0.3, -0.25) is 15.1 Å². The van der Waals surface area contributed by atoms with Crippen LogP contribution < -0.4 is 15.5 Å². The van der Waals surface area contributed by atoms with E-state index in [0.717, 1.165) is 19.4 Å². The van der Waals surface area contributed by atoms with E-state index in [0.29, 0.717) is 23.1 Å². The number of nitro groups is 1. The number of carbonyl (C=O) groups is 1. The molecule has 1 aromatic carbocycles. The highest BCUT2D eigenvalue weighted by atomic mass is 16.6. The number of carbonyl (C=O) groups excluding carboxylic acids is 1. The maximum atomic E-state index is 11.7. The van der Waals surface area contributed by atoms with Crippen LogP contribution in [0.15, 0.2) is 30.5 Å². The van der Waals surface area contributed by atoms with Crippen molar-refractivity contribution in [3.8, 4) is 0 Å². The van der Waals surface area contributed by atoms with E-state index in [2.05, 4.69) is 15.6 Å². The van der Waals surface area contributed by atoms with Crippen LogP contribution in [0.25, 0.3) is 10.9 Å². The fraction of sp³-hybridized carbons (Fsp3) is 0.375. The van der Waals surface area contributed by atoms with Crippen LogP contribution in [0.5, 0.6) is 0 Å². The third kappa shape index (κ3) is 3.08. The van der Waals surface area contributed by atoms with Crippen molar-refractivity contribution in [2.45, 2.75) is 18.9 Å². The number of benzene rings is 1. The van der Waals surface area contributed by atoms with Crippen LogP contribution in [0.3, 0.4) is 0 Å². The Balaban J connectivity index is 1.95. The van der Waals surface area contributed by atoms with Gasteiger partial charge in [-0.1, -0.05) is 0 Å². The summed E-state index contributed by atoms with van der Waals surface area (Å²) < 4.78 is 0. The van der Waals surface area contributed by atoms with E-state index in [1.807, 2.05) is 4.90 Å². The molecule has 0 radical (unpaired) electrons. The number of pyridine rings is 1. The van der Waals surface area contributed by atoms with Crippen molar-refractivity contribution >= 4 is 28.3 Å². The fourth-order valence-electron chi connectivity index (χ4n) is 3.14. The number of rotatable bonds is 3. The summed E-state index contributed by atoms with van der Waals surface area (Å²) in [6, 6.07) is 6.68. The molecule has 1 aliphatic rings. The van der Waals surface area contributed by atoms with Crippen LogP contribution in [-0.4, -0.2) is 42.1 Å². The molecule has 2 aromatic rings. The smallest absolute Gasteiger partial charge is 0.314 e. The van der Waals surface area contributed by atoms with Crippen LogP contribution in [0.4, 0.5) is 16.2 Å². The third-order valence-corrected chi connectivity index (χ3v) is 4.24. The maximum Gasteiger partial charge on any atom is 0.314 e. The largest absolute Gasteiger partial charge is 0.364 e. The number of hydrogen-bond acceptors (Lipinski definition) is 5. The summed E-state index contributed by atoms with van der Waals surface area (Å²) in [5, 5.41) is 17.6. The molecule has 3 rings (SSSR count). The molecule has 126 valence electrons. The standard InChI is InChI=1S/C16H19N5O3/c1-17-16(22)19-11-4-3-9-20(10-11)14-7-6-13-12(5-2-8-18-13)15(14)21(23)24/h2,5-8,11H,3-4,9-10H2,1H3,(H2,17,19,22). The molecule has 1 aliphatic heterocycles. The summed E-state index contributed by atoms with van der Waals surface area (Å²) >= 11 is 0. The van der Waals surface area contributed by atoms with Crippen LogP contribution in [0, 0.1) is 10.1 Å². The average Bonchev–Trinajstić information content (AvgIpc) is 2.60. The van der Waals surface area contributed by atoms with E-state index < -0.39 is 0 Å². The monoisotopic (exact) mass is 329 g/mol. The number of urea groups is 1. The number of anilines is 1. The normalized spacial score (nSPS) is 17.5. The zero-order chi connectivity index (χ0) is 17.1. The molecule has 1 aromatic heterocycles. The number of fused-ring (bicyclic) bond motifs is 1. The quantitative estimate of drug-likeness (QED) is 0.663. The number of aromatic nitrogens is 1. The van der Waals surface area contributed by atoms with Crippen molar-refractivity contribution in [1.82, 2.24) is 15.6 Å². The van der Waals surface area contributed by atoms with Crippen molar-refractivity contribution in [3.63, 3.8) is 0 Å². The van der Waals surface area contributed by atoms with E-state index in [1.54, 1.807) is 37.5 Å². The predicted molar refractivity (Wildman–Crippen MR) is 91.2 cm³/mol. The topological polar surface area (TPSA) is 100 Å². The van der Waals surface area contributed by atoms with Crippen molar-refractivity contribution in [2.24, 2.45) is 0 Å². The van der Waals surface area contributed by atoms with E-state index in [4.69, 9.17) is 0 Å². The molecule has 1 saturated heterocycles. The summed E-state index contributed by atoms with van der Waals surface area (Å²) in [6.07, 6.45) is 3.33. The Morgan fingerprint density at radius 2 is 2.25 bits per heavy atom. The number of piperidine rings is 1. The molecule has 1 fully saturated rings. The lowest BCUT2D eigenvalue weighted by Crippen LogP contribution is -2.50. The van der Waals surface area contributed by atoms with Gasteiger partial charge in [0.2, 0.25) is 0 Å². The van der Waals surface area contributed by atoms with Gasteiger partial charge in [-0.15, -0.1) is 0 Å². The summed E-state index contributed by atoms with van der Waals surface area (Å²) in [5.74, 6) is 0. The van der Waals surface area contributed by atoms with Crippen LogP contribution in [0.1, 0.15) is 12.8 Å². The van der Waals surface area contributed by atoms with E-state index >= 15 is 0 Å². The number of hydrogen-bond donors (Lipinski definition) is 2. The van der Waals surface area contributed by atoms with Crippen LogP contribution >= 0.6 is 0 Å². The van der Waals surface area contributed by atoms with Gasteiger partial charge in [0.15, 0.2) is 0 Å². The molecule has 8 nitrogen and oxygen atoms in total. The first-order valence-electron chi connectivity index (χ1n) is 7.85. The first kappa shape index (κ1) is 16.0. The number of amides is 2. The molecular weight excluding hydrogens is 310 g/mol. The van der Waals surface area contributed by atoms with Crippen molar-refractivity contribution in [1.29, 1.82) is 0 Å². The molecule has 0 saturated carbocycles. The minimum absolute atomic E-state index is 0.0390. The summed E-state index contributed by atoms with van der Waals surface area (Å²) in [7, 11) is 1.57. The maximum absolute atomic E-state index is 11.7. The molecule has 0 spiro atoms. The van der Waals surface area contributed by atoms with E-state index in [-0.39, 0.29) is 22.7 Å². The first-order chi connectivity index (χ1) is 11.6. The molecular formula is C16H19N5O3.